The van der Waals surface area contributed by atoms with E-state index in [1.807, 2.05) is 37.3 Å². The molecule has 0 aliphatic rings. The fourth-order valence-corrected chi connectivity index (χ4v) is 2.78. The molecule has 1 rings (SSSR count). The van der Waals surface area contributed by atoms with Gasteiger partial charge in [-0.1, -0.05) is 37.3 Å². The predicted octanol–water partition coefficient (Wildman–Crippen LogP) is 3.04. The SMILES string of the molecule is CCP(=O)(I)c1ccccc1. The Kier molecular flexibility index (Phi) is 3.14. The van der Waals surface area contributed by atoms with Crippen molar-refractivity contribution in [3.63, 3.8) is 0 Å². The lowest BCUT2D eigenvalue weighted by Crippen LogP contribution is -1.99. The Morgan fingerprint density at radius 3 is 2.36 bits per heavy atom. The fraction of sp³-hybridized carbons (Fsp3) is 0.250. The van der Waals surface area contributed by atoms with Crippen molar-refractivity contribution in [2.75, 3.05) is 6.16 Å². The van der Waals surface area contributed by atoms with Crippen LogP contribution < -0.4 is 5.30 Å². The zero-order valence-corrected chi connectivity index (χ0v) is 9.38. The van der Waals surface area contributed by atoms with Gasteiger partial charge in [0.2, 0.25) is 0 Å². The van der Waals surface area contributed by atoms with Crippen molar-refractivity contribution >= 4 is 32.1 Å². The lowest BCUT2D eigenvalue weighted by atomic mass is 10.4. The highest BCUT2D eigenvalue weighted by Crippen LogP contribution is 2.52. The van der Waals surface area contributed by atoms with Crippen LogP contribution in [0, 0.1) is 0 Å². The summed E-state index contributed by atoms with van der Waals surface area (Å²) in [7, 11) is 0. The van der Waals surface area contributed by atoms with Crippen LogP contribution in [-0.2, 0) is 4.57 Å². The Hall–Kier alpha value is 0.180. The van der Waals surface area contributed by atoms with E-state index >= 15 is 0 Å². The normalized spacial score (nSPS) is 15.8. The van der Waals surface area contributed by atoms with Gasteiger partial charge in [-0.3, -0.25) is 0 Å². The molecule has 0 saturated heterocycles. The van der Waals surface area contributed by atoms with Gasteiger partial charge in [-0.05, 0) is 22.0 Å². The minimum absolute atomic E-state index is 0.734. The maximum atomic E-state index is 11.8. The largest absolute Gasteiger partial charge is 0.308 e. The first-order valence-corrected chi connectivity index (χ1v) is 8.19. The van der Waals surface area contributed by atoms with Crippen molar-refractivity contribution in [2.24, 2.45) is 0 Å². The third-order valence-electron chi connectivity index (χ3n) is 1.55. The molecule has 1 aromatic carbocycles. The van der Waals surface area contributed by atoms with Gasteiger partial charge in [0.1, 0.15) is 0 Å². The molecular formula is C8H10IOP. The first-order chi connectivity index (χ1) is 5.17. The van der Waals surface area contributed by atoms with Gasteiger partial charge in [-0.15, -0.1) is 0 Å². The summed E-state index contributed by atoms with van der Waals surface area (Å²) in [4.78, 5) is -2.06. The highest BCUT2D eigenvalue weighted by atomic mass is 127. The molecule has 0 spiro atoms. The number of hydrogen-bond acceptors (Lipinski definition) is 1. The maximum absolute atomic E-state index is 11.8. The van der Waals surface area contributed by atoms with E-state index in [1.165, 1.54) is 0 Å². The molecule has 0 aliphatic carbocycles. The Morgan fingerprint density at radius 2 is 1.91 bits per heavy atom. The van der Waals surface area contributed by atoms with Crippen LogP contribution in [0.4, 0.5) is 0 Å². The molecular weight excluding hydrogens is 270 g/mol. The summed E-state index contributed by atoms with van der Waals surface area (Å²) in [5.41, 5.74) is 0. The van der Waals surface area contributed by atoms with Crippen molar-refractivity contribution < 1.29 is 4.57 Å². The lowest BCUT2D eigenvalue weighted by Gasteiger charge is -2.06. The van der Waals surface area contributed by atoms with Gasteiger partial charge in [0, 0.05) is 11.5 Å². The van der Waals surface area contributed by atoms with E-state index in [2.05, 4.69) is 22.0 Å². The number of rotatable bonds is 2. The van der Waals surface area contributed by atoms with Crippen LogP contribution in [0.1, 0.15) is 6.92 Å². The molecule has 1 unspecified atom stereocenters. The molecule has 0 radical (unpaired) electrons. The van der Waals surface area contributed by atoms with Crippen molar-refractivity contribution in [1.82, 2.24) is 0 Å². The van der Waals surface area contributed by atoms with E-state index in [1.54, 1.807) is 0 Å². The molecule has 0 bridgehead atoms. The van der Waals surface area contributed by atoms with Crippen LogP contribution in [-0.4, -0.2) is 6.16 Å². The third kappa shape index (κ3) is 2.31. The molecule has 0 heterocycles. The second kappa shape index (κ2) is 3.72. The molecule has 1 atom stereocenters. The zero-order chi connectivity index (χ0) is 8.32. The fourth-order valence-electron chi connectivity index (χ4n) is 0.833. The Balaban J connectivity index is 3.03. The Morgan fingerprint density at radius 1 is 1.36 bits per heavy atom. The van der Waals surface area contributed by atoms with Crippen LogP contribution in [0.2, 0.25) is 0 Å². The summed E-state index contributed by atoms with van der Waals surface area (Å²) < 4.78 is 11.8. The van der Waals surface area contributed by atoms with E-state index in [0.717, 1.165) is 11.5 Å². The monoisotopic (exact) mass is 280 g/mol. The van der Waals surface area contributed by atoms with Crippen LogP contribution in [0.3, 0.4) is 0 Å². The van der Waals surface area contributed by atoms with Gasteiger partial charge in [-0.2, -0.15) is 0 Å². The first-order valence-electron chi connectivity index (χ1n) is 3.51. The predicted molar refractivity (Wildman–Crippen MR) is 58.2 cm³/mol. The van der Waals surface area contributed by atoms with Crippen LogP contribution in [0.5, 0.6) is 0 Å². The summed E-state index contributed by atoms with van der Waals surface area (Å²) in [5, 5.41) is 0.975. The Bertz CT molecular complexity index is 271. The maximum Gasteiger partial charge on any atom is 0.170 e. The molecule has 0 amide bonds. The van der Waals surface area contributed by atoms with Gasteiger partial charge >= 0.3 is 0 Å². The average molecular weight is 280 g/mol. The number of benzene rings is 1. The van der Waals surface area contributed by atoms with Gasteiger partial charge in [0.05, 0.1) is 0 Å². The highest BCUT2D eigenvalue weighted by Gasteiger charge is 2.16. The van der Waals surface area contributed by atoms with Gasteiger partial charge in [0.25, 0.3) is 0 Å². The van der Waals surface area contributed by atoms with Crippen LogP contribution in [0.15, 0.2) is 30.3 Å². The summed E-state index contributed by atoms with van der Waals surface area (Å²) in [5.74, 6) is 0. The minimum Gasteiger partial charge on any atom is -0.308 e. The average Bonchev–Trinajstić information content (AvgIpc) is 2.06. The Labute approximate surface area is 80.1 Å². The molecule has 0 aromatic heterocycles. The van der Waals surface area contributed by atoms with Crippen molar-refractivity contribution in [3.8, 4) is 0 Å². The molecule has 11 heavy (non-hydrogen) atoms. The van der Waals surface area contributed by atoms with Crippen molar-refractivity contribution in [2.45, 2.75) is 6.92 Å². The number of halogens is 1. The third-order valence-corrected chi connectivity index (χ3v) is 7.15. The van der Waals surface area contributed by atoms with Gasteiger partial charge < -0.3 is 4.57 Å². The van der Waals surface area contributed by atoms with E-state index in [4.69, 9.17) is 0 Å². The molecule has 1 nitrogen and oxygen atoms in total. The van der Waals surface area contributed by atoms with E-state index in [0.29, 0.717) is 0 Å². The quantitative estimate of drug-likeness (QED) is 0.601. The zero-order valence-electron chi connectivity index (χ0n) is 6.33. The smallest absolute Gasteiger partial charge is 0.170 e. The molecule has 0 aliphatic heterocycles. The molecule has 0 saturated carbocycles. The van der Waals surface area contributed by atoms with Gasteiger partial charge in [0.15, 0.2) is 4.78 Å². The summed E-state index contributed by atoms with van der Waals surface area (Å²) in [6.07, 6.45) is 0.734. The molecule has 0 N–H and O–H groups in total. The van der Waals surface area contributed by atoms with Gasteiger partial charge in [-0.25, -0.2) is 0 Å². The second-order valence-electron chi connectivity index (χ2n) is 2.30. The van der Waals surface area contributed by atoms with E-state index < -0.39 is 4.78 Å². The minimum atomic E-state index is -2.06. The molecule has 0 fully saturated rings. The van der Waals surface area contributed by atoms with E-state index in [9.17, 15) is 4.57 Å². The van der Waals surface area contributed by atoms with Crippen molar-refractivity contribution in [1.29, 1.82) is 0 Å². The molecule has 3 heteroatoms. The highest BCUT2D eigenvalue weighted by molar-refractivity contribution is 14.2. The number of hydrogen-bond donors (Lipinski definition) is 0. The summed E-state index contributed by atoms with van der Waals surface area (Å²) in [6, 6.07) is 9.65. The standard InChI is InChI=1S/C8H10IOP/c1-2-11(9,10)8-6-4-3-5-7-8/h3-7H,2H2,1H3. The van der Waals surface area contributed by atoms with Crippen LogP contribution in [0.25, 0.3) is 0 Å². The van der Waals surface area contributed by atoms with Crippen LogP contribution >= 0.6 is 26.8 Å². The second-order valence-corrected chi connectivity index (χ2v) is 9.43. The first kappa shape index (κ1) is 9.27. The summed E-state index contributed by atoms with van der Waals surface area (Å²) >= 11 is 2.06. The van der Waals surface area contributed by atoms with Crippen molar-refractivity contribution in [3.05, 3.63) is 30.3 Å². The lowest BCUT2D eigenvalue weighted by molar-refractivity contribution is 0.592. The molecule has 60 valence electrons. The topological polar surface area (TPSA) is 17.1 Å². The molecule has 1 aromatic rings. The van der Waals surface area contributed by atoms with E-state index in [-0.39, 0.29) is 0 Å². The summed E-state index contributed by atoms with van der Waals surface area (Å²) in [6.45, 7) is 1.96.